The molecule has 11 nitrogen and oxygen atoms in total. The van der Waals surface area contributed by atoms with Crippen molar-refractivity contribution in [2.24, 2.45) is 23.2 Å². The molecule has 4 rings (SSSR count). The fourth-order valence-electron chi connectivity index (χ4n) is 7.36. The van der Waals surface area contributed by atoms with Gasteiger partial charge in [0.05, 0.1) is 11.7 Å². The van der Waals surface area contributed by atoms with Crippen LogP contribution < -0.4 is 10.6 Å². The van der Waals surface area contributed by atoms with E-state index in [9.17, 15) is 29.4 Å². The average Bonchev–Trinajstić information content (AvgIpc) is 3.80. The van der Waals surface area contributed by atoms with Gasteiger partial charge in [-0.1, -0.05) is 94.8 Å². The summed E-state index contributed by atoms with van der Waals surface area (Å²) in [6.45, 7) is 12.5. The zero-order valence-electron chi connectivity index (χ0n) is 33.2. The lowest BCUT2D eigenvalue weighted by atomic mass is 9.93. The number of phenols is 1. The molecule has 2 aliphatic rings. The van der Waals surface area contributed by atoms with Gasteiger partial charge in [-0.15, -0.1) is 0 Å². The van der Waals surface area contributed by atoms with Gasteiger partial charge in [0, 0.05) is 31.9 Å². The Morgan fingerprint density at radius 1 is 1.04 bits per heavy atom. The Labute approximate surface area is 320 Å². The van der Waals surface area contributed by atoms with Gasteiger partial charge >= 0.3 is 5.97 Å². The van der Waals surface area contributed by atoms with Gasteiger partial charge < -0.3 is 35.2 Å². The first-order valence-corrected chi connectivity index (χ1v) is 18.9. The van der Waals surface area contributed by atoms with Crippen molar-refractivity contribution in [3.63, 3.8) is 0 Å². The van der Waals surface area contributed by atoms with Gasteiger partial charge in [-0.05, 0) is 74.3 Å². The molecule has 3 amide bonds. The summed E-state index contributed by atoms with van der Waals surface area (Å²) < 4.78 is 12.0. The maximum absolute atomic E-state index is 14.3. The number of nitrogens with zero attached hydrogens (tertiary/aromatic N) is 1. The number of hydrogen-bond donors (Lipinski definition) is 4. The molecule has 2 aromatic rings. The largest absolute Gasteiger partial charge is 0.508 e. The molecule has 0 bridgehead atoms. The normalized spacial score (nSPS) is 31.4. The van der Waals surface area contributed by atoms with Gasteiger partial charge in [-0.3, -0.25) is 14.4 Å². The Kier molecular flexibility index (Phi) is 13.9. The smallest absolute Gasteiger partial charge is 0.332 e. The van der Waals surface area contributed by atoms with Crippen molar-refractivity contribution in [3.05, 3.63) is 89.5 Å². The molecule has 1 fully saturated rings. The first-order valence-electron chi connectivity index (χ1n) is 18.9. The summed E-state index contributed by atoms with van der Waals surface area (Å²) in [5.41, 5.74) is -0.138. The van der Waals surface area contributed by atoms with Crippen molar-refractivity contribution in [1.29, 1.82) is 0 Å². The predicted octanol–water partition coefficient (Wildman–Crippen LogP) is 5.42. The average molecular weight is 746 g/mol. The number of benzene rings is 2. The highest BCUT2D eigenvalue weighted by molar-refractivity contribution is 5.95. The third-order valence-electron chi connectivity index (χ3n) is 11.2. The van der Waals surface area contributed by atoms with E-state index in [-0.39, 0.29) is 41.9 Å². The molecular weight excluding hydrogens is 686 g/mol. The minimum absolute atomic E-state index is 0.00458. The third-order valence-corrected chi connectivity index (χ3v) is 11.2. The molecule has 4 N–H and O–H groups in total. The van der Waals surface area contributed by atoms with Crippen LogP contribution in [0.5, 0.6) is 5.75 Å². The van der Waals surface area contributed by atoms with Crippen LogP contribution in [0.4, 0.5) is 0 Å². The van der Waals surface area contributed by atoms with Crippen molar-refractivity contribution < 1.29 is 38.9 Å². The topological polar surface area (TPSA) is 155 Å². The first kappa shape index (κ1) is 42.3. The van der Waals surface area contributed by atoms with Crippen LogP contribution in [0.15, 0.2) is 78.4 Å². The number of methoxy groups -OCH3 is 1. The molecule has 9 atom stereocenters. The number of aromatic hydroxyl groups is 1. The highest BCUT2D eigenvalue weighted by atomic mass is 16.5. The van der Waals surface area contributed by atoms with E-state index in [2.05, 4.69) is 10.6 Å². The van der Waals surface area contributed by atoms with Gasteiger partial charge in [0.2, 0.25) is 17.7 Å². The number of carbonyl (C=O) groups is 4. The standard InChI is InChI=1S/C43H59N3O8/c1-10-26(2)35-39(49)44-33(23-29-19-21-32(47)22-20-29)38(48)45-37(42(5,6)52)40(50)54-36(30-17-12-11-13-18-30)28(4)16-14-15-27(3)34(53-9)24-31-25-43(31,7)41(51)46(35)8/h11-22,26,28,31,33-37,47,52H,10,23-25H2,1-9H3,(H,44,49)(H,45,48)/b16-14+,27-15+/t26-,28+,31+,33+,34+,35-,36-,37+,43+/m0/s1. The van der Waals surface area contributed by atoms with Crippen LogP contribution in [0.25, 0.3) is 0 Å². The predicted molar refractivity (Wildman–Crippen MR) is 207 cm³/mol. The number of esters is 1. The van der Waals surface area contributed by atoms with Crippen LogP contribution in [0.3, 0.4) is 0 Å². The van der Waals surface area contributed by atoms with Crippen LogP contribution in [0.1, 0.15) is 85.0 Å². The summed E-state index contributed by atoms with van der Waals surface area (Å²) in [6, 6.07) is 11.8. The second kappa shape index (κ2) is 17.8. The zero-order chi connectivity index (χ0) is 40.0. The van der Waals surface area contributed by atoms with Crippen LogP contribution >= 0.6 is 0 Å². The van der Waals surface area contributed by atoms with Gasteiger partial charge in [0.1, 0.15) is 23.9 Å². The van der Waals surface area contributed by atoms with E-state index in [4.69, 9.17) is 9.47 Å². The van der Waals surface area contributed by atoms with E-state index in [0.29, 0.717) is 24.8 Å². The van der Waals surface area contributed by atoms with Gasteiger partial charge in [0.15, 0.2) is 6.04 Å². The van der Waals surface area contributed by atoms with E-state index in [1.165, 1.54) is 30.9 Å². The Bertz CT molecular complexity index is 1680. The maximum Gasteiger partial charge on any atom is 0.332 e. The number of amides is 3. The lowest BCUT2D eigenvalue weighted by molar-refractivity contribution is -0.162. The molecule has 54 heavy (non-hydrogen) atoms. The molecule has 1 saturated carbocycles. The number of cyclic esters (lactones) is 1. The number of likely N-dealkylation sites (N-methyl/N-ethyl adjacent to an activating group) is 1. The van der Waals surface area contributed by atoms with Crippen LogP contribution in [-0.2, 0) is 35.1 Å². The van der Waals surface area contributed by atoms with Crippen molar-refractivity contribution in [2.75, 3.05) is 14.2 Å². The van der Waals surface area contributed by atoms with Gasteiger partial charge in [0.25, 0.3) is 0 Å². The summed E-state index contributed by atoms with van der Waals surface area (Å²) in [6.07, 6.45) is 6.63. The summed E-state index contributed by atoms with van der Waals surface area (Å²) >= 11 is 0. The van der Waals surface area contributed by atoms with Crippen molar-refractivity contribution in [2.45, 2.75) is 110 Å². The Morgan fingerprint density at radius 2 is 1.69 bits per heavy atom. The summed E-state index contributed by atoms with van der Waals surface area (Å²) in [7, 11) is 3.29. The lowest BCUT2D eigenvalue weighted by Crippen LogP contribution is -2.61. The number of hydrogen-bond acceptors (Lipinski definition) is 8. The molecule has 0 spiro atoms. The molecule has 1 aliphatic heterocycles. The number of rotatable bonds is 7. The maximum atomic E-state index is 14.3. The van der Waals surface area contributed by atoms with Crippen molar-refractivity contribution >= 4 is 23.7 Å². The molecule has 0 unspecified atom stereocenters. The number of allylic oxidation sites excluding steroid dienone is 2. The zero-order valence-corrected chi connectivity index (χ0v) is 33.2. The van der Waals surface area contributed by atoms with Crippen LogP contribution in [0.2, 0.25) is 0 Å². The lowest BCUT2D eigenvalue weighted by Gasteiger charge is -2.35. The Balaban J connectivity index is 1.81. The van der Waals surface area contributed by atoms with Crippen LogP contribution in [-0.4, -0.2) is 82.8 Å². The van der Waals surface area contributed by atoms with E-state index < -0.39 is 53.0 Å². The quantitative estimate of drug-likeness (QED) is 0.274. The monoisotopic (exact) mass is 745 g/mol. The molecule has 0 saturated heterocycles. The second-order valence-electron chi connectivity index (χ2n) is 16.0. The van der Waals surface area contributed by atoms with Crippen molar-refractivity contribution in [3.8, 4) is 5.75 Å². The molecule has 2 aromatic carbocycles. The molecule has 1 heterocycles. The minimum atomic E-state index is -1.77. The SMILES string of the molecule is CC[C@H](C)[C@H]1C(=O)N[C@H](Cc2ccc(O)cc2)C(=O)N[C@@H](C(C)(C)O)C(=O)O[C@H](c2ccccc2)[C@H](C)/C=C/C=C(\C)[C@H](OC)C[C@@H]2C[C@@]2(C)C(=O)N1C. The molecule has 1 aliphatic carbocycles. The van der Waals surface area contributed by atoms with Gasteiger partial charge in [-0.2, -0.15) is 0 Å². The van der Waals surface area contributed by atoms with E-state index in [0.717, 1.165) is 11.1 Å². The number of nitrogens with one attached hydrogen (secondary N) is 2. The van der Waals surface area contributed by atoms with Crippen LogP contribution in [0, 0.1) is 23.2 Å². The molecule has 11 heteroatoms. The Morgan fingerprint density at radius 3 is 2.28 bits per heavy atom. The fraction of sp³-hybridized carbons (Fsp3) is 0.535. The fourth-order valence-corrected chi connectivity index (χ4v) is 7.36. The number of carbonyl (C=O) groups excluding carboxylic acids is 4. The number of fused-ring (bicyclic) bond motifs is 1. The number of aliphatic hydroxyl groups is 1. The summed E-state index contributed by atoms with van der Waals surface area (Å²) in [5.74, 6) is -2.78. The number of ether oxygens (including phenoxy) is 2. The van der Waals surface area contributed by atoms with E-state index >= 15 is 0 Å². The highest BCUT2D eigenvalue weighted by Gasteiger charge is 2.58. The first-order chi connectivity index (χ1) is 25.4. The van der Waals surface area contributed by atoms with Crippen molar-refractivity contribution in [1.82, 2.24) is 15.5 Å². The summed E-state index contributed by atoms with van der Waals surface area (Å²) in [4.78, 5) is 58.4. The van der Waals surface area contributed by atoms with Gasteiger partial charge in [-0.25, -0.2) is 4.79 Å². The molecule has 0 radical (unpaired) electrons. The minimum Gasteiger partial charge on any atom is -0.508 e. The molecule has 294 valence electrons. The van der Waals surface area contributed by atoms with E-state index in [1.54, 1.807) is 26.3 Å². The third kappa shape index (κ3) is 10.2. The highest BCUT2D eigenvalue weighted by Crippen LogP contribution is 2.56. The summed E-state index contributed by atoms with van der Waals surface area (Å²) in [5, 5.41) is 26.8. The Hall–Kier alpha value is -4.48. The second-order valence-corrected chi connectivity index (χ2v) is 16.0. The number of phenolic OH excluding ortho intramolecular Hbond substituents is 1. The molecule has 0 aromatic heterocycles. The van der Waals surface area contributed by atoms with E-state index in [1.807, 2.05) is 83.2 Å². The molecular formula is C43H59N3O8.